The molecule has 7 N–H and O–H groups in total. The maximum atomic E-state index is 13.0. The van der Waals surface area contributed by atoms with Crippen molar-refractivity contribution in [3.05, 3.63) is 12.2 Å². The van der Waals surface area contributed by atoms with Crippen LogP contribution in [0.15, 0.2) is 12.2 Å². The van der Waals surface area contributed by atoms with Crippen LogP contribution in [0.2, 0.25) is 0 Å². The summed E-state index contributed by atoms with van der Waals surface area (Å²) in [7, 11) is -10.7. The molecule has 18 heteroatoms. The maximum Gasteiger partial charge on any atom is 0.472 e. The third-order valence-corrected chi connectivity index (χ3v) is 12.3. The Morgan fingerprint density at radius 2 is 0.902 bits per heavy atom. The molecule has 1 fully saturated rings. The molecule has 0 saturated heterocycles. The summed E-state index contributed by atoms with van der Waals surface area (Å²) in [6, 6.07) is 0. The van der Waals surface area contributed by atoms with E-state index in [1.165, 1.54) is 89.9 Å². The minimum Gasteiger partial charge on any atom is -0.462 e. The van der Waals surface area contributed by atoms with E-state index in [2.05, 4.69) is 30.5 Å². The summed E-state index contributed by atoms with van der Waals surface area (Å²) in [4.78, 5) is 54.2. The molecule has 0 aliphatic heterocycles. The molecule has 1 saturated carbocycles. The zero-order valence-electron chi connectivity index (χ0n) is 37.1. The van der Waals surface area contributed by atoms with Gasteiger partial charge in [-0.15, -0.1) is 0 Å². The van der Waals surface area contributed by atoms with E-state index in [-0.39, 0.29) is 12.8 Å². The molecular weight excluding hydrogens is 834 g/mol. The van der Waals surface area contributed by atoms with E-state index in [0.717, 1.165) is 64.2 Å². The average Bonchev–Trinajstić information content (AvgIpc) is 3.21. The van der Waals surface area contributed by atoms with Crippen molar-refractivity contribution in [2.75, 3.05) is 13.2 Å². The van der Waals surface area contributed by atoms with Crippen molar-refractivity contribution in [3.8, 4) is 0 Å². The predicted octanol–water partition coefficient (Wildman–Crippen LogP) is 8.40. The average molecular weight is 917 g/mol. The first kappa shape index (κ1) is 57.8. The summed E-state index contributed by atoms with van der Waals surface area (Å²) < 4.78 is 49.3. The van der Waals surface area contributed by atoms with Crippen LogP contribution in [0.25, 0.3) is 0 Å². The van der Waals surface area contributed by atoms with E-state index in [1.54, 1.807) is 0 Å². The molecule has 0 spiro atoms. The van der Waals surface area contributed by atoms with E-state index < -0.39 is 83.5 Å². The van der Waals surface area contributed by atoms with Gasteiger partial charge in [0.1, 0.15) is 43.2 Å². The fourth-order valence-corrected chi connectivity index (χ4v) is 8.74. The van der Waals surface area contributed by atoms with Gasteiger partial charge in [0.25, 0.3) is 0 Å². The molecule has 1 rings (SSSR count). The van der Waals surface area contributed by atoms with E-state index in [4.69, 9.17) is 28.3 Å². The fraction of sp³-hybridized carbons (Fsp3) is 0.907. The summed E-state index contributed by atoms with van der Waals surface area (Å²) in [6.45, 7) is 3.10. The lowest BCUT2D eigenvalue weighted by Gasteiger charge is -2.43. The van der Waals surface area contributed by atoms with Crippen molar-refractivity contribution in [1.29, 1.82) is 0 Å². The topological polar surface area (TPSA) is 256 Å². The standard InChI is InChI=1S/C43H82O16P2/c1-3-5-7-9-11-13-15-17-18-20-21-23-25-27-29-31-36(44)55-33-35(57-37(45)32-30-28-26-24-22-19-16-14-12-10-8-6-4-2)34-56-61(53,54)59-43-40(48)38(46)39(47)42(41(43)49)58-60(50,51)52/h17-18,35,38-43,46-49H,3-16,19-34H2,1-2H3,(H,53,54)(H2,50,51,52). The Kier molecular flexibility index (Phi) is 33.2. The molecule has 8 unspecified atom stereocenters. The number of hydrogen-bond donors (Lipinski definition) is 7. The second kappa shape index (κ2) is 35.1. The number of ether oxygens (including phenoxy) is 2. The molecule has 8 atom stereocenters. The molecule has 1 aliphatic carbocycles. The molecule has 16 nitrogen and oxygen atoms in total. The van der Waals surface area contributed by atoms with Gasteiger partial charge in [0.2, 0.25) is 0 Å². The van der Waals surface area contributed by atoms with Crippen LogP contribution in [-0.2, 0) is 41.8 Å². The van der Waals surface area contributed by atoms with Crippen LogP contribution >= 0.6 is 15.6 Å². The number of carbonyl (C=O) groups excluding carboxylic acids is 2. The van der Waals surface area contributed by atoms with Crippen molar-refractivity contribution < 1.29 is 76.9 Å². The lowest BCUT2D eigenvalue weighted by Crippen LogP contribution is -2.64. The highest BCUT2D eigenvalue weighted by Crippen LogP contribution is 2.49. The first-order valence-corrected chi connectivity index (χ1v) is 26.3. The van der Waals surface area contributed by atoms with E-state index >= 15 is 0 Å². The molecule has 61 heavy (non-hydrogen) atoms. The van der Waals surface area contributed by atoms with Gasteiger partial charge in [-0.2, -0.15) is 0 Å². The number of aliphatic hydroxyl groups is 4. The van der Waals surface area contributed by atoms with Gasteiger partial charge in [0.15, 0.2) is 6.10 Å². The van der Waals surface area contributed by atoms with Crippen LogP contribution in [0.4, 0.5) is 0 Å². The molecule has 360 valence electrons. The van der Waals surface area contributed by atoms with Gasteiger partial charge in [-0.3, -0.25) is 23.2 Å². The molecular formula is C43H82O16P2. The number of aliphatic hydroxyl groups excluding tert-OH is 4. The predicted molar refractivity (Wildman–Crippen MR) is 232 cm³/mol. The summed E-state index contributed by atoms with van der Waals surface area (Å²) in [6.07, 6.45) is 18.9. The molecule has 0 aromatic heterocycles. The Balaban J connectivity index is 2.60. The molecule has 0 heterocycles. The highest BCUT2D eigenvalue weighted by molar-refractivity contribution is 7.47. The molecule has 0 amide bonds. The van der Waals surface area contributed by atoms with Gasteiger partial charge >= 0.3 is 27.6 Å². The third-order valence-electron chi connectivity index (χ3n) is 10.8. The van der Waals surface area contributed by atoms with Crippen LogP contribution in [0.1, 0.15) is 194 Å². The van der Waals surface area contributed by atoms with Crippen molar-refractivity contribution in [1.82, 2.24) is 0 Å². The number of allylic oxidation sites excluding steroid dienone is 2. The molecule has 0 aromatic carbocycles. The van der Waals surface area contributed by atoms with Crippen LogP contribution < -0.4 is 0 Å². The maximum absolute atomic E-state index is 13.0. The normalized spacial score (nSPS) is 22.3. The number of unbranched alkanes of at least 4 members (excludes halogenated alkanes) is 23. The summed E-state index contributed by atoms with van der Waals surface area (Å²) in [5.74, 6) is -1.21. The van der Waals surface area contributed by atoms with E-state index in [9.17, 15) is 44.0 Å². The van der Waals surface area contributed by atoms with Crippen LogP contribution in [0, 0.1) is 0 Å². The largest absolute Gasteiger partial charge is 0.472 e. The van der Waals surface area contributed by atoms with E-state index in [0.29, 0.717) is 12.8 Å². The highest BCUT2D eigenvalue weighted by Gasteiger charge is 2.54. The number of carbonyl (C=O) groups is 2. The second-order valence-corrected chi connectivity index (χ2v) is 19.1. The molecule has 1 aliphatic rings. The Morgan fingerprint density at radius 1 is 0.508 bits per heavy atom. The molecule has 0 bridgehead atoms. The Hall–Kier alpha value is -1.26. The minimum absolute atomic E-state index is 0.0477. The first-order valence-electron chi connectivity index (χ1n) is 23.2. The van der Waals surface area contributed by atoms with Gasteiger partial charge < -0.3 is 44.6 Å². The number of hydrogen-bond acceptors (Lipinski definition) is 13. The summed E-state index contributed by atoms with van der Waals surface area (Å²) in [5.41, 5.74) is 0. The van der Waals surface area contributed by atoms with Gasteiger partial charge in [0.05, 0.1) is 6.61 Å². The summed E-state index contributed by atoms with van der Waals surface area (Å²) >= 11 is 0. The monoisotopic (exact) mass is 917 g/mol. The third kappa shape index (κ3) is 29.7. The Bertz CT molecular complexity index is 1250. The molecule has 0 radical (unpaired) electrons. The van der Waals surface area contributed by atoms with Crippen LogP contribution in [-0.4, -0.2) is 103 Å². The van der Waals surface area contributed by atoms with Crippen LogP contribution in [0.3, 0.4) is 0 Å². The number of esters is 2. The van der Waals surface area contributed by atoms with Gasteiger partial charge in [0, 0.05) is 12.8 Å². The lowest BCUT2D eigenvalue weighted by molar-refractivity contribution is -0.216. The van der Waals surface area contributed by atoms with Crippen molar-refractivity contribution in [2.45, 2.75) is 236 Å². The number of rotatable bonds is 39. The van der Waals surface area contributed by atoms with Crippen molar-refractivity contribution in [2.24, 2.45) is 0 Å². The molecule has 0 aromatic rings. The smallest absolute Gasteiger partial charge is 0.462 e. The van der Waals surface area contributed by atoms with E-state index in [1.807, 2.05) is 0 Å². The number of phosphoric acid groups is 2. The van der Waals surface area contributed by atoms with Gasteiger partial charge in [-0.25, -0.2) is 9.13 Å². The zero-order valence-corrected chi connectivity index (χ0v) is 38.9. The highest BCUT2D eigenvalue weighted by atomic mass is 31.2. The fourth-order valence-electron chi connectivity index (χ4n) is 7.20. The Labute approximate surface area is 365 Å². The van der Waals surface area contributed by atoms with Gasteiger partial charge in [-0.05, 0) is 38.5 Å². The second-order valence-electron chi connectivity index (χ2n) is 16.5. The zero-order chi connectivity index (χ0) is 45.4. The summed E-state index contributed by atoms with van der Waals surface area (Å²) in [5, 5.41) is 41.2. The van der Waals surface area contributed by atoms with Crippen molar-refractivity contribution in [3.63, 3.8) is 0 Å². The van der Waals surface area contributed by atoms with Crippen LogP contribution in [0.5, 0.6) is 0 Å². The van der Waals surface area contributed by atoms with Crippen molar-refractivity contribution >= 4 is 27.6 Å². The van der Waals surface area contributed by atoms with Gasteiger partial charge in [-0.1, -0.05) is 154 Å². The quantitative estimate of drug-likeness (QED) is 0.0132. The lowest BCUT2D eigenvalue weighted by atomic mass is 9.85. The Morgan fingerprint density at radius 3 is 1.34 bits per heavy atom. The number of phosphoric ester groups is 2. The SMILES string of the molecule is CCCCCCCCC=CCCCCCCCC(=O)OCC(COP(=O)(O)OC1C(O)C(O)C(O)C(OP(=O)(O)O)C1O)OC(=O)CCCCCCCCCCCCCCC. The minimum atomic E-state index is -5.36. The first-order chi connectivity index (χ1) is 29.1.